The van der Waals surface area contributed by atoms with Crippen molar-refractivity contribution in [3.63, 3.8) is 0 Å². The molecule has 0 aromatic heterocycles. The molecule has 0 spiro atoms. The summed E-state index contributed by atoms with van der Waals surface area (Å²) in [6, 6.07) is 3.59. The quantitative estimate of drug-likeness (QED) is 0.310. The van der Waals surface area contributed by atoms with Crippen LogP contribution in [0.1, 0.15) is 17.5 Å². The van der Waals surface area contributed by atoms with Crippen LogP contribution in [0.25, 0.3) is 0 Å². The minimum atomic E-state index is -0.779. The Hall–Kier alpha value is -1.26. The van der Waals surface area contributed by atoms with E-state index in [1.807, 2.05) is 19.9 Å². The Morgan fingerprint density at radius 2 is 1.65 bits per heavy atom. The number of imide groups is 1. The summed E-state index contributed by atoms with van der Waals surface area (Å²) in [5.74, 6) is -2.48. The van der Waals surface area contributed by atoms with Gasteiger partial charge >= 0.3 is 5.97 Å². The molecule has 166 valence electrons. The summed E-state index contributed by atoms with van der Waals surface area (Å²) in [5, 5.41) is 2.71. The largest absolute Gasteiger partial charge is 0.454 e. The SMILES string of the molecule is Cc1c(Br)ccc(NC(=O)COC(=O)CN2C(=O)[C@@H]3[C@H]4C[C@@H]([C@H](Br)[C@H]4Br)[C@H]3C2=O)c1C. The van der Waals surface area contributed by atoms with Crippen LogP contribution in [0.5, 0.6) is 0 Å². The predicted octanol–water partition coefficient (Wildman–Crippen LogP) is 3.33. The second kappa shape index (κ2) is 8.59. The van der Waals surface area contributed by atoms with E-state index < -0.39 is 25.0 Å². The van der Waals surface area contributed by atoms with Crippen LogP contribution in [0.2, 0.25) is 0 Å². The van der Waals surface area contributed by atoms with Crippen molar-refractivity contribution in [2.75, 3.05) is 18.5 Å². The maximum atomic E-state index is 12.8. The van der Waals surface area contributed by atoms with Crippen molar-refractivity contribution < 1.29 is 23.9 Å². The van der Waals surface area contributed by atoms with Gasteiger partial charge in [0, 0.05) is 19.8 Å². The third-order valence-electron chi connectivity index (χ3n) is 6.73. The van der Waals surface area contributed by atoms with E-state index in [0.29, 0.717) is 5.69 Å². The first-order valence-electron chi connectivity index (χ1n) is 9.96. The number of hydrogen-bond acceptors (Lipinski definition) is 5. The molecule has 7 nitrogen and oxygen atoms in total. The van der Waals surface area contributed by atoms with E-state index in [9.17, 15) is 19.2 Å². The Morgan fingerprint density at radius 3 is 2.23 bits per heavy atom. The van der Waals surface area contributed by atoms with Crippen molar-refractivity contribution >= 4 is 77.2 Å². The van der Waals surface area contributed by atoms with Gasteiger partial charge in [0.2, 0.25) is 11.8 Å². The average molecular weight is 621 g/mol. The number of carbonyl (C=O) groups excluding carboxylic acids is 4. The molecule has 2 saturated carbocycles. The lowest BCUT2D eigenvalue weighted by atomic mass is 9.81. The van der Waals surface area contributed by atoms with E-state index in [4.69, 9.17) is 4.74 Å². The lowest BCUT2D eigenvalue weighted by Gasteiger charge is -2.28. The fraction of sp³-hybridized carbons (Fsp3) is 0.524. The van der Waals surface area contributed by atoms with Crippen LogP contribution in [-0.2, 0) is 23.9 Å². The number of nitrogens with one attached hydrogen (secondary N) is 1. The number of anilines is 1. The summed E-state index contributed by atoms with van der Waals surface area (Å²) in [5.41, 5.74) is 2.53. The number of likely N-dealkylation sites (tertiary alicyclic amines) is 1. The zero-order chi connectivity index (χ0) is 22.6. The van der Waals surface area contributed by atoms with Crippen LogP contribution >= 0.6 is 47.8 Å². The molecule has 10 heteroatoms. The third-order valence-corrected chi connectivity index (χ3v) is 10.8. The Kier molecular flexibility index (Phi) is 6.35. The summed E-state index contributed by atoms with van der Waals surface area (Å²) in [4.78, 5) is 51.4. The summed E-state index contributed by atoms with van der Waals surface area (Å²) < 4.78 is 5.97. The van der Waals surface area contributed by atoms with Crippen LogP contribution < -0.4 is 5.32 Å². The summed E-state index contributed by atoms with van der Waals surface area (Å²) in [7, 11) is 0. The highest BCUT2D eigenvalue weighted by Crippen LogP contribution is 2.60. The smallest absolute Gasteiger partial charge is 0.326 e. The first kappa shape index (κ1) is 22.9. The van der Waals surface area contributed by atoms with Gasteiger partial charge < -0.3 is 10.1 Å². The number of benzene rings is 1. The van der Waals surface area contributed by atoms with Crippen LogP contribution in [0, 0.1) is 37.5 Å². The number of alkyl halides is 2. The van der Waals surface area contributed by atoms with Gasteiger partial charge in [-0.05, 0) is 55.4 Å². The minimum absolute atomic E-state index is 0.0835. The van der Waals surface area contributed by atoms with Crippen molar-refractivity contribution in [3.8, 4) is 0 Å². The molecule has 3 amide bonds. The maximum Gasteiger partial charge on any atom is 0.326 e. The second-order valence-electron chi connectivity index (χ2n) is 8.32. The molecule has 1 N–H and O–H groups in total. The molecule has 1 saturated heterocycles. The third kappa shape index (κ3) is 3.88. The van der Waals surface area contributed by atoms with Gasteiger partial charge in [0.1, 0.15) is 6.54 Å². The van der Waals surface area contributed by atoms with Crippen molar-refractivity contribution in [2.24, 2.45) is 23.7 Å². The van der Waals surface area contributed by atoms with Crippen LogP contribution in [0.4, 0.5) is 5.69 Å². The van der Waals surface area contributed by atoms with Gasteiger partial charge in [-0.1, -0.05) is 47.8 Å². The first-order valence-corrected chi connectivity index (χ1v) is 12.6. The fourth-order valence-corrected chi connectivity index (χ4v) is 7.30. The molecule has 2 aliphatic carbocycles. The Bertz CT molecular complexity index is 952. The van der Waals surface area contributed by atoms with Gasteiger partial charge in [-0.3, -0.25) is 24.1 Å². The molecule has 1 aromatic rings. The Morgan fingerprint density at radius 1 is 1.06 bits per heavy atom. The first-order chi connectivity index (χ1) is 14.6. The molecule has 31 heavy (non-hydrogen) atoms. The molecule has 4 rings (SSSR count). The van der Waals surface area contributed by atoms with Gasteiger partial charge in [-0.15, -0.1) is 0 Å². The minimum Gasteiger partial charge on any atom is -0.454 e. The van der Waals surface area contributed by atoms with Crippen LogP contribution in [0.3, 0.4) is 0 Å². The molecular formula is C21H21Br3N2O5. The molecule has 3 aliphatic rings. The highest BCUT2D eigenvalue weighted by Gasteiger charge is 2.66. The number of halogens is 3. The summed E-state index contributed by atoms with van der Waals surface area (Å²) >= 11 is 10.7. The highest BCUT2D eigenvalue weighted by atomic mass is 79.9. The lowest BCUT2D eigenvalue weighted by Crippen LogP contribution is -2.38. The zero-order valence-electron chi connectivity index (χ0n) is 16.9. The number of carbonyl (C=O) groups is 4. The molecular weight excluding hydrogens is 600 g/mol. The number of fused-ring (bicyclic) bond motifs is 5. The lowest BCUT2D eigenvalue weighted by molar-refractivity contribution is -0.154. The topological polar surface area (TPSA) is 92.8 Å². The monoisotopic (exact) mass is 618 g/mol. The van der Waals surface area contributed by atoms with E-state index in [1.54, 1.807) is 6.07 Å². The Labute approximate surface area is 205 Å². The van der Waals surface area contributed by atoms with Gasteiger partial charge in [0.25, 0.3) is 5.91 Å². The van der Waals surface area contributed by atoms with E-state index in [2.05, 4.69) is 53.1 Å². The van der Waals surface area contributed by atoms with Crippen molar-refractivity contribution in [1.29, 1.82) is 0 Å². The predicted molar refractivity (Wildman–Crippen MR) is 124 cm³/mol. The van der Waals surface area contributed by atoms with E-state index in [-0.39, 0.29) is 45.1 Å². The van der Waals surface area contributed by atoms with Crippen molar-refractivity contribution in [3.05, 3.63) is 27.7 Å². The van der Waals surface area contributed by atoms with Gasteiger partial charge in [0.05, 0.1) is 11.8 Å². The fourth-order valence-electron chi connectivity index (χ4n) is 5.00. The Balaban J connectivity index is 1.33. The van der Waals surface area contributed by atoms with Gasteiger partial charge in [-0.25, -0.2) is 0 Å². The molecule has 0 unspecified atom stereocenters. The number of nitrogens with zero attached hydrogens (tertiary/aromatic N) is 1. The molecule has 1 aromatic carbocycles. The molecule has 6 atom stereocenters. The van der Waals surface area contributed by atoms with E-state index in [1.165, 1.54) is 0 Å². The van der Waals surface area contributed by atoms with E-state index >= 15 is 0 Å². The van der Waals surface area contributed by atoms with Crippen molar-refractivity contribution in [2.45, 2.75) is 29.9 Å². The zero-order valence-corrected chi connectivity index (χ0v) is 21.6. The van der Waals surface area contributed by atoms with E-state index in [0.717, 1.165) is 26.9 Å². The molecule has 3 fully saturated rings. The molecule has 1 aliphatic heterocycles. The maximum absolute atomic E-state index is 12.8. The van der Waals surface area contributed by atoms with Gasteiger partial charge in [0.15, 0.2) is 6.61 Å². The van der Waals surface area contributed by atoms with Gasteiger partial charge in [-0.2, -0.15) is 0 Å². The number of hydrogen-bond donors (Lipinski definition) is 1. The second-order valence-corrected chi connectivity index (χ2v) is 11.3. The van der Waals surface area contributed by atoms with Crippen molar-refractivity contribution in [1.82, 2.24) is 4.90 Å². The number of rotatable bonds is 5. The number of ether oxygens (including phenoxy) is 1. The summed E-state index contributed by atoms with van der Waals surface area (Å²) in [6.07, 6.45) is 0.825. The average Bonchev–Trinajstić information content (AvgIpc) is 3.33. The molecule has 1 heterocycles. The molecule has 0 radical (unpaired) electrons. The van der Waals surface area contributed by atoms with Crippen LogP contribution in [0.15, 0.2) is 16.6 Å². The standard InChI is InChI=1S/C21H21Br3N2O5/c1-8-9(2)13(4-3-12(8)22)25-14(27)7-31-15(28)6-26-20(29)16-10-5-11(17(16)21(26)30)19(24)18(10)23/h3-4,10-11,16-19H,5-7H2,1-2H3,(H,25,27)/t10-,11-,16-,17-,18+,19+/m1/s1. The highest BCUT2D eigenvalue weighted by molar-refractivity contribution is 9.12. The normalized spacial score (nSPS) is 31.2. The summed E-state index contributed by atoms with van der Waals surface area (Å²) in [6.45, 7) is 2.85. The molecule has 2 bridgehead atoms. The number of esters is 1. The van der Waals surface area contributed by atoms with Crippen LogP contribution in [-0.4, -0.2) is 51.4 Å². The number of amides is 3.